The van der Waals surface area contributed by atoms with Crippen LogP contribution in [0.1, 0.15) is 17.3 Å². The summed E-state index contributed by atoms with van der Waals surface area (Å²) in [4.78, 5) is 32.3. The molecule has 0 fully saturated rings. The van der Waals surface area contributed by atoms with Gasteiger partial charge in [-0.15, -0.1) is 0 Å². The van der Waals surface area contributed by atoms with Gasteiger partial charge in [0.05, 0.1) is 6.42 Å². The summed E-state index contributed by atoms with van der Waals surface area (Å²) in [6, 6.07) is 0. The lowest BCUT2D eigenvalue weighted by molar-refractivity contribution is -0.145. The molecule has 0 aliphatic carbocycles. The highest BCUT2D eigenvalue weighted by atomic mass is 32.1. The minimum absolute atomic E-state index is 0.149. The summed E-state index contributed by atoms with van der Waals surface area (Å²) in [6.07, 6.45) is 2.58. The van der Waals surface area contributed by atoms with Crippen molar-refractivity contribution in [2.24, 2.45) is 0 Å². The summed E-state index contributed by atoms with van der Waals surface area (Å²) in [5, 5.41) is 17.8. The normalized spacial score (nSPS) is 12.2. The zero-order valence-electron chi connectivity index (χ0n) is 8.90. The van der Waals surface area contributed by atoms with Crippen molar-refractivity contribution in [3.8, 4) is 11.6 Å². The first kappa shape index (κ1) is 12.2. The molecule has 0 saturated heterocycles. The van der Waals surface area contributed by atoms with Crippen LogP contribution in [0.2, 0.25) is 0 Å². The van der Waals surface area contributed by atoms with E-state index in [2.05, 4.69) is 19.3 Å². The maximum Gasteiger partial charge on any atom is 0.314 e. The van der Waals surface area contributed by atoms with E-state index in [0.717, 1.165) is 11.5 Å². The molecule has 0 bridgehead atoms. The quantitative estimate of drug-likeness (QED) is 0.722. The fraction of sp³-hybridized carbons (Fsp3) is 0.222. The van der Waals surface area contributed by atoms with Crippen LogP contribution in [0.5, 0.6) is 0 Å². The number of nitrogens with zero attached hydrogens (tertiary/aromatic N) is 3. The predicted octanol–water partition coefficient (Wildman–Crippen LogP) is 0.571. The minimum atomic E-state index is -1.24. The molecule has 0 spiro atoms. The van der Waals surface area contributed by atoms with Gasteiger partial charge in [0, 0.05) is 12.4 Å². The molecule has 0 radical (unpaired) electrons. The Morgan fingerprint density at radius 1 is 1.44 bits per heavy atom. The van der Waals surface area contributed by atoms with Crippen LogP contribution in [0.25, 0.3) is 11.6 Å². The molecule has 2 rings (SSSR count). The number of imidazole rings is 1. The molecule has 2 heterocycles. The van der Waals surface area contributed by atoms with Crippen molar-refractivity contribution in [1.29, 1.82) is 0 Å². The average molecular weight is 268 g/mol. The van der Waals surface area contributed by atoms with Crippen LogP contribution in [-0.2, 0) is 9.59 Å². The number of aliphatic carboxylic acids is 2. The molecule has 2 aromatic heterocycles. The van der Waals surface area contributed by atoms with Crippen LogP contribution in [0, 0.1) is 0 Å². The first-order chi connectivity index (χ1) is 8.58. The van der Waals surface area contributed by atoms with Crippen molar-refractivity contribution < 1.29 is 19.8 Å². The minimum Gasteiger partial charge on any atom is -0.481 e. The number of aromatic amines is 1. The molecule has 18 heavy (non-hydrogen) atoms. The fourth-order valence-electron chi connectivity index (χ4n) is 1.32. The molecule has 94 valence electrons. The molecule has 0 aromatic carbocycles. The van der Waals surface area contributed by atoms with Gasteiger partial charge in [0.15, 0.2) is 5.82 Å². The number of H-pyrrole nitrogens is 1. The number of nitrogens with one attached hydrogen (secondary N) is 1. The van der Waals surface area contributed by atoms with Crippen LogP contribution in [0.15, 0.2) is 12.4 Å². The van der Waals surface area contributed by atoms with Crippen molar-refractivity contribution >= 4 is 23.5 Å². The van der Waals surface area contributed by atoms with Crippen molar-refractivity contribution in [3.63, 3.8) is 0 Å². The molecule has 0 amide bonds. The van der Waals surface area contributed by atoms with Gasteiger partial charge in [-0.3, -0.25) is 9.59 Å². The van der Waals surface area contributed by atoms with Gasteiger partial charge in [0.25, 0.3) is 0 Å². The Labute approximate surface area is 105 Å². The summed E-state index contributed by atoms with van der Waals surface area (Å²) in [5.74, 6) is -2.95. The topological polar surface area (TPSA) is 129 Å². The van der Waals surface area contributed by atoms with E-state index in [-0.39, 0.29) is 10.8 Å². The lowest BCUT2D eigenvalue weighted by Crippen LogP contribution is -2.15. The maximum atomic E-state index is 11.0. The molecule has 0 aliphatic rings. The third kappa shape index (κ3) is 2.51. The number of carboxylic acid groups (broad SMARTS) is 2. The maximum absolute atomic E-state index is 11.0. The monoisotopic (exact) mass is 268 g/mol. The summed E-state index contributed by atoms with van der Waals surface area (Å²) in [5.41, 5.74) is 0. The molecule has 0 saturated carbocycles. The summed E-state index contributed by atoms with van der Waals surface area (Å²) in [6.45, 7) is 0. The molecular weight excluding hydrogens is 260 g/mol. The van der Waals surface area contributed by atoms with E-state index in [1.807, 2.05) is 0 Å². The Bertz CT molecular complexity index is 565. The standard InChI is InChI=1S/C9H8N4O4S/c14-5(15)3-4(9(16)17)8-12-7(13-18-8)6-10-1-2-11-6/h1-2,4H,3H2,(H,10,11)(H,14,15)(H,16,17). The smallest absolute Gasteiger partial charge is 0.314 e. The number of hydrogen-bond donors (Lipinski definition) is 3. The van der Waals surface area contributed by atoms with Gasteiger partial charge >= 0.3 is 11.9 Å². The lowest BCUT2D eigenvalue weighted by atomic mass is 10.1. The first-order valence-corrected chi connectivity index (χ1v) is 5.63. The van der Waals surface area contributed by atoms with Crippen molar-refractivity contribution in [2.75, 3.05) is 0 Å². The molecule has 1 unspecified atom stereocenters. The van der Waals surface area contributed by atoms with Crippen LogP contribution in [0.3, 0.4) is 0 Å². The van der Waals surface area contributed by atoms with Gasteiger partial charge in [-0.1, -0.05) is 0 Å². The second-order valence-electron chi connectivity index (χ2n) is 3.38. The summed E-state index contributed by atoms with van der Waals surface area (Å²) < 4.78 is 3.95. The van der Waals surface area contributed by atoms with Crippen LogP contribution >= 0.6 is 11.5 Å². The van der Waals surface area contributed by atoms with Gasteiger partial charge in [-0.25, -0.2) is 9.97 Å². The number of rotatable bonds is 5. The molecular formula is C9H8N4O4S. The molecule has 8 nitrogen and oxygen atoms in total. The van der Waals surface area contributed by atoms with E-state index in [1.165, 1.54) is 6.20 Å². The van der Waals surface area contributed by atoms with Crippen molar-refractivity contribution in [3.05, 3.63) is 17.4 Å². The van der Waals surface area contributed by atoms with Crippen molar-refractivity contribution in [2.45, 2.75) is 12.3 Å². The number of hydrogen-bond acceptors (Lipinski definition) is 6. The lowest BCUT2D eigenvalue weighted by Gasteiger charge is -2.04. The number of carboxylic acids is 2. The fourth-order valence-corrected chi connectivity index (χ4v) is 2.06. The number of carbonyl (C=O) groups is 2. The van der Waals surface area contributed by atoms with E-state index in [0.29, 0.717) is 5.82 Å². The Balaban J connectivity index is 2.27. The highest BCUT2D eigenvalue weighted by molar-refractivity contribution is 7.05. The van der Waals surface area contributed by atoms with Gasteiger partial charge in [-0.05, 0) is 11.5 Å². The van der Waals surface area contributed by atoms with Gasteiger partial charge in [0.2, 0.25) is 5.82 Å². The molecule has 2 aromatic rings. The van der Waals surface area contributed by atoms with Gasteiger partial charge in [0.1, 0.15) is 10.9 Å². The molecule has 3 N–H and O–H groups in total. The number of aromatic nitrogens is 4. The molecule has 1 atom stereocenters. The Kier molecular flexibility index (Phi) is 3.33. The Morgan fingerprint density at radius 3 is 2.78 bits per heavy atom. The Morgan fingerprint density at radius 2 is 2.22 bits per heavy atom. The van der Waals surface area contributed by atoms with E-state index < -0.39 is 24.3 Å². The SMILES string of the molecule is O=C(O)CC(C(=O)O)c1nc(-c2ncc[nH]2)ns1. The third-order valence-electron chi connectivity index (χ3n) is 2.13. The van der Waals surface area contributed by atoms with E-state index in [4.69, 9.17) is 10.2 Å². The van der Waals surface area contributed by atoms with Crippen LogP contribution < -0.4 is 0 Å². The second kappa shape index (κ2) is 4.92. The summed E-state index contributed by atoms with van der Waals surface area (Å²) in [7, 11) is 0. The highest BCUT2D eigenvalue weighted by Crippen LogP contribution is 2.24. The zero-order valence-corrected chi connectivity index (χ0v) is 9.72. The van der Waals surface area contributed by atoms with Gasteiger partial charge < -0.3 is 15.2 Å². The second-order valence-corrected chi connectivity index (χ2v) is 4.17. The highest BCUT2D eigenvalue weighted by Gasteiger charge is 2.27. The Hall–Kier alpha value is -2.29. The average Bonchev–Trinajstić information content (AvgIpc) is 2.95. The van der Waals surface area contributed by atoms with Crippen LogP contribution in [0.4, 0.5) is 0 Å². The summed E-state index contributed by atoms with van der Waals surface area (Å²) >= 11 is 0.861. The van der Waals surface area contributed by atoms with Gasteiger partial charge in [-0.2, -0.15) is 4.37 Å². The first-order valence-electron chi connectivity index (χ1n) is 4.86. The molecule has 0 aliphatic heterocycles. The van der Waals surface area contributed by atoms with E-state index in [9.17, 15) is 9.59 Å². The largest absolute Gasteiger partial charge is 0.481 e. The zero-order chi connectivity index (χ0) is 13.1. The van der Waals surface area contributed by atoms with Crippen molar-refractivity contribution in [1.82, 2.24) is 19.3 Å². The third-order valence-corrected chi connectivity index (χ3v) is 2.95. The van der Waals surface area contributed by atoms with E-state index in [1.54, 1.807) is 6.20 Å². The molecule has 9 heteroatoms. The van der Waals surface area contributed by atoms with Crippen LogP contribution in [-0.4, -0.2) is 41.5 Å². The van der Waals surface area contributed by atoms with E-state index >= 15 is 0 Å². The predicted molar refractivity (Wildman–Crippen MR) is 60.1 cm³/mol.